The normalized spacial score (nSPS) is 11.9. The molecule has 0 bridgehead atoms. The average Bonchev–Trinajstić information content (AvgIpc) is 3.05. The van der Waals surface area contributed by atoms with Crippen molar-refractivity contribution in [3.8, 4) is 11.3 Å². The van der Waals surface area contributed by atoms with Crippen molar-refractivity contribution in [1.29, 1.82) is 0 Å². The van der Waals surface area contributed by atoms with E-state index >= 15 is 0 Å². The van der Waals surface area contributed by atoms with Gasteiger partial charge in [0.2, 0.25) is 0 Å². The Morgan fingerprint density at radius 1 is 1.17 bits per heavy atom. The molecule has 1 N–H and O–H groups in total. The minimum absolute atomic E-state index is 0.195. The number of pyridine rings is 1. The molecule has 0 aliphatic heterocycles. The molecule has 0 spiro atoms. The standard InChI is InChI=1S/C17H14ClN3O2/c1-11(14-8-4-5-9-19-14)21-17(22)15-16(23-10-20-15)12-6-2-3-7-13(12)18/h2-11H,1H3,(H,21,22)/t11-/m1/s1. The Hall–Kier alpha value is -2.66. The van der Waals surface area contributed by atoms with E-state index in [1.54, 1.807) is 18.3 Å². The van der Waals surface area contributed by atoms with E-state index in [4.69, 9.17) is 16.0 Å². The van der Waals surface area contributed by atoms with Gasteiger partial charge >= 0.3 is 0 Å². The van der Waals surface area contributed by atoms with E-state index < -0.39 is 0 Å². The number of nitrogens with zero attached hydrogens (tertiary/aromatic N) is 2. The molecular weight excluding hydrogens is 314 g/mol. The molecule has 23 heavy (non-hydrogen) atoms. The van der Waals surface area contributed by atoms with Crippen LogP contribution in [0.3, 0.4) is 0 Å². The number of benzene rings is 1. The van der Waals surface area contributed by atoms with Crippen LogP contribution in [0, 0.1) is 0 Å². The largest absolute Gasteiger partial charge is 0.443 e. The quantitative estimate of drug-likeness (QED) is 0.789. The Balaban J connectivity index is 1.85. The summed E-state index contributed by atoms with van der Waals surface area (Å²) in [6.07, 6.45) is 2.92. The molecule has 0 radical (unpaired) electrons. The number of carbonyl (C=O) groups excluding carboxylic acids is 1. The van der Waals surface area contributed by atoms with Gasteiger partial charge in [-0.2, -0.15) is 0 Å². The molecule has 0 aliphatic rings. The predicted molar refractivity (Wildman–Crippen MR) is 87.1 cm³/mol. The van der Waals surface area contributed by atoms with Crippen LogP contribution in [0.4, 0.5) is 0 Å². The second kappa shape index (κ2) is 6.62. The van der Waals surface area contributed by atoms with Crippen molar-refractivity contribution in [2.24, 2.45) is 0 Å². The summed E-state index contributed by atoms with van der Waals surface area (Å²) in [5.41, 5.74) is 1.59. The molecule has 2 aromatic heterocycles. The van der Waals surface area contributed by atoms with Crippen molar-refractivity contribution >= 4 is 17.5 Å². The fourth-order valence-corrected chi connectivity index (χ4v) is 2.44. The predicted octanol–water partition coefficient (Wildman–Crippen LogP) is 3.88. The second-order valence-electron chi connectivity index (χ2n) is 4.96. The zero-order valence-corrected chi connectivity index (χ0v) is 13.1. The molecule has 0 saturated heterocycles. The Kier molecular flexibility index (Phi) is 4.39. The molecule has 0 fully saturated rings. The van der Waals surface area contributed by atoms with Crippen LogP contribution in [-0.4, -0.2) is 15.9 Å². The third kappa shape index (κ3) is 3.24. The van der Waals surface area contributed by atoms with Gasteiger partial charge in [-0.1, -0.05) is 29.8 Å². The van der Waals surface area contributed by atoms with Crippen LogP contribution in [0.5, 0.6) is 0 Å². The van der Waals surface area contributed by atoms with Gasteiger partial charge in [-0.15, -0.1) is 0 Å². The van der Waals surface area contributed by atoms with Gasteiger partial charge in [0.25, 0.3) is 5.91 Å². The Bertz CT molecular complexity index is 817. The van der Waals surface area contributed by atoms with Crippen molar-refractivity contribution in [3.05, 3.63) is 71.5 Å². The summed E-state index contributed by atoms with van der Waals surface area (Å²) in [7, 11) is 0. The van der Waals surface area contributed by atoms with Crippen molar-refractivity contribution in [3.63, 3.8) is 0 Å². The van der Waals surface area contributed by atoms with E-state index in [0.29, 0.717) is 16.3 Å². The maximum atomic E-state index is 12.5. The van der Waals surface area contributed by atoms with E-state index in [1.165, 1.54) is 6.39 Å². The Morgan fingerprint density at radius 3 is 2.70 bits per heavy atom. The minimum Gasteiger partial charge on any atom is -0.443 e. The molecule has 1 aromatic carbocycles. The van der Waals surface area contributed by atoms with E-state index in [1.807, 2.05) is 37.3 Å². The van der Waals surface area contributed by atoms with E-state index in [2.05, 4.69) is 15.3 Å². The van der Waals surface area contributed by atoms with Crippen LogP contribution in [0.2, 0.25) is 5.02 Å². The van der Waals surface area contributed by atoms with E-state index in [9.17, 15) is 4.79 Å². The molecule has 0 unspecified atom stereocenters. The molecule has 0 saturated carbocycles. The summed E-state index contributed by atoms with van der Waals surface area (Å²) >= 11 is 6.16. The number of amides is 1. The summed E-state index contributed by atoms with van der Waals surface area (Å²) in [4.78, 5) is 20.7. The number of oxazole rings is 1. The van der Waals surface area contributed by atoms with Gasteiger partial charge < -0.3 is 9.73 Å². The lowest BCUT2D eigenvalue weighted by atomic mass is 10.1. The zero-order chi connectivity index (χ0) is 16.2. The van der Waals surface area contributed by atoms with Gasteiger partial charge in [0.05, 0.1) is 16.8 Å². The highest BCUT2D eigenvalue weighted by atomic mass is 35.5. The number of hydrogen-bond acceptors (Lipinski definition) is 4. The average molecular weight is 328 g/mol. The Labute approximate surface area is 138 Å². The molecule has 2 heterocycles. The van der Waals surface area contributed by atoms with Crippen molar-refractivity contribution in [2.75, 3.05) is 0 Å². The number of rotatable bonds is 4. The minimum atomic E-state index is -0.341. The summed E-state index contributed by atoms with van der Waals surface area (Å²) in [6.45, 7) is 1.86. The van der Waals surface area contributed by atoms with Gasteiger partial charge in [0.15, 0.2) is 17.8 Å². The molecule has 5 nitrogen and oxygen atoms in total. The van der Waals surface area contributed by atoms with Crippen molar-refractivity contribution < 1.29 is 9.21 Å². The monoisotopic (exact) mass is 327 g/mol. The lowest BCUT2D eigenvalue weighted by molar-refractivity contribution is 0.0935. The molecule has 3 aromatic rings. The highest BCUT2D eigenvalue weighted by Crippen LogP contribution is 2.30. The van der Waals surface area contributed by atoms with Gasteiger partial charge in [-0.05, 0) is 31.2 Å². The maximum Gasteiger partial charge on any atom is 0.274 e. The summed E-state index contributed by atoms with van der Waals surface area (Å²) in [6, 6.07) is 12.4. The van der Waals surface area contributed by atoms with Crippen LogP contribution in [0.15, 0.2) is 59.5 Å². The van der Waals surface area contributed by atoms with Gasteiger partial charge in [-0.3, -0.25) is 9.78 Å². The Morgan fingerprint density at radius 2 is 1.96 bits per heavy atom. The summed E-state index contributed by atoms with van der Waals surface area (Å²) in [5, 5.41) is 3.36. The first-order chi connectivity index (χ1) is 11.2. The first-order valence-electron chi connectivity index (χ1n) is 7.07. The van der Waals surface area contributed by atoms with Gasteiger partial charge in [-0.25, -0.2) is 4.98 Å². The smallest absolute Gasteiger partial charge is 0.274 e. The van der Waals surface area contributed by atoms with Crippen molar-refractivity contribution in [1.82, 2.24) is 15.3 Å². The molecular formula is C17H14ClN3O2. The number of aromatic nitrogens is 2. The summed E-state index contributed by atoms with van der Waals surface area (Å²) in [5.74, 6) is 0.00754. The highest BCUT2D eigenvalue weighted by Gasteiger charge is 2.21. The topological polar surface area (TPSA) is 68.0 Å². The van der Waals surface area contributed by atoms with Crippen LogP contribution in [-0.2, 0) is 0 Å². The fraction of sp³-hybridized carbons (Fsp3) is 0.118. The van der Waals surface area contributed by atoms with Gasteiger partial charge in [0.1, 0.15) is 0 Å². The van der Waals surface area contributed by atoms with Crippen LogP contribution >= 0.6 is 11.6 Å². The van der Waals surface area contributed by atoms with Crippen LogP contribution in [0.1, 0.15) is 29.1 Å². The number of hydrogen-bond donors (Lipinski definition) is 1. The SMILES string of the molecule is C[C@@H](NC(=O)c1ncoc1-c1ccccc1Cl)c1ccccn1. The molecule has 116 valence electrons. The van der Waals surface area contributed by atoms with Crippen LogP contribution in [0.25, 0.3) is 11.3 Å². The molecule has 1 amide bonds. The third-order valence-corrected chi connectivity index (χ3v) is 3.71. The molecule has 6 heteroatoms. The first-order valence-corrected chi connectivity index (χ1v) is 7.45. The second-order valence-corrected chi connectivity index (χ2v) is 5.37. The van der Waals surface area contributed by atoms with E-state index in [-0.39, 0.29) is 17.6 Å². The first kappa shape index (κ1) is 15.2. The number of carbonyl (C=O) groups is 1. The lowest BCUT2D eigenvalue weighted by Crippen LogP contribution is -2.27. The maximum absolute atomic E-state index is 12.5. The van der Waals surface area contributed by atoms with Crippen LogP contribution < -0.4 is 5.32 Å². The number of halogens is 1. The summed E-state index contributed by atoms with van der Waals surface area (Å²) < 4.78 is 5.37. The lowest BCUT2D eigenvalue weighted by Gasteiger charge is -2.12. The van der Waals surface area contributed by atoms with Gasteiger partial charge in [0, 0.05) is 11.8 Å². The fourth-order valence-electron chi connectivity index (χ4n) is 2.22. The number of nitrogens with one attached hydrogen (secondary N) is 1. The highest BCUT2D eigenvalue weighted by molar-refractivity contribution is 6.33. The van der Waals surface area contributed by atoms with Crippen molar-refractivity contribution in [2.45, 2.75) is 13.0 Å². The molecule has 0 aliphatic carbocycles. The van der Waals surface area contributed by atoms with E-state index in [0.717, 1.165) is 5.69 Å². The molecule has 3 rings (SSSR count). The third-order valence-electron chi connectivity index (χ3n) is 3.38. The molecule has 1 atom stereocenters. The zero-order valence-electron chi connectivity index (χ0n) is 12.4.